The molecule has 6 nitrogen and oxygen atoms in total. The number of benzene rings is 1. The molecule has 0 saturated heterocycles. The molecule has 0 aliphatic heterocycles. The standard InChI is InChI=1S/C16H16N6/c1-11-6-5-9-13(20-11)22-16-14(17)15(18-10-19-16)21-12-7-3-2-4-8-12/h2-10H,17H2,1H3,(H2,18,19,20,21,22). The molecule has 3 aromatic rings. The van der Waals surface area contributed by atoms with Crippen molar-refractivity contribution in [2.45, 2.75) is 6.92 Å². The SMILES string of the molecule is Cc1cccc(Nc2ncnc(Nc3ccccc3)c2N)n1. The summed E-state index contributed by atoms with van der Waals surface area (Å²) in [6, 6.07) is 15.4. The molecule has 0 aliphatic carbocycles. The average Bonchev–Trinajstić information content (AvgIpc) is 2.52. The number of pyridine rings is 1. The maximum atomic E-state index is 6.14. The van der Waals surface area contributed by atoms with Crippen LogP contribution in [0.5, 0.6) is 0 Å². The van der Waals surface area contributed by atoms with Crippen molar-refractivity contribution >= 4 is 28.8 Å². The summed E-state index contributed by atoms with van der Waals surface area (Å²) in [6.07, 6.45) is 1.46. The van der Waals surface area contributed by atoms with E-state index >= 15 is 0 Å². The van der Waals surface area contributed by atoms with Crippen LogP contribution >= 0.6 is 0 Å². The highest BCUT2D eigenvalue weighted by molar-refractivity contribution is 5.79. The molecular formula is C16H16N6. The van der Waals surface area contributed by atoms with E-state index in [4.69, 9.17) is 5.73 Å². The maximum absolute atomic E-state index is 6.14. The lowest BCUT2D eigenvalue weighted by Crippen LogP contribution is -2.06. The molecule has 0 radical (unpaired) electrons. The molecule has 0 aliphatic rings. The Morgan fingerprint density at radius 1 is 0.864 bits per heavy atom. The molecule has 0 bridgehead atoms. The molecule has 22 heavy (non-hydrogen) atoms. The van der Waals surface area contributed by atoms with Crippen LogP contribution in [0, 0.1) is 6.92 Å². The molecule has 0 atom stereocenters. The fourth-order valence-electron chi connectivity index (χ4n) is 1.99. The largest absolute Gasteiger partial charge is 0.393 e. The number of aromatic nitrogens is 3. The Kier molecular flexibility index (Phi) is 3.82. The van der Waals surface area contributed by atoms with Gasteiger partial charge in [0.25, 0.3) is 0 Å². The van der Waals surface area contributed by atoms with E-state index in [1.807, 2.05) is 55.5 Å². The van der Waals surface area contributed by atoms with E-state index < -0.39 is 0 Å². The van der Waals surface area contributed by atoms with Gasteiger partial charge in [0.15, 0.2) is 11.6 Å². The minimum absolute atomic E-state index is 0.439. The summed E-state index contributed by atoms with van der Waals surface area (Å²) < 4.78 is 0. The second-order valence-electron chi connectivity index (χ2n) is 4.76. The third-order valence-electron chi connectivity index (χ3n) is 3.06. The molecule has 2 heterocycles. The highest BCUT2D eigenvalue weighted by Crippen LogP contribution is 2.27. The smallest absolute Gasteiger partial charge is 0.160 e. The van der Waals surface area contributed by atoms with Crippen LogP contribution in [-0.4, -0.2) is 15.0 Å². The number of nitrogens with zero attached hydrogens (tertiary/aromatic N) is 3. The Labute approximate surface area is 128 Å². The van der Waals surface area contributed by atoms with Gasteiger partial charge in [-0.05, 0) is 31.2 Å². The second-order valence-corrected chi connectivity index (χ2v) is 4.76. The number of anilines is 5. The topological polar surface area (TPSA) is 88.8 Å². The predicted molar refractivity (Wildman–Crippen MR) is 88.4 cm³/mol. The first kappa shape index (κ1) is 13.8. The fourth-order valence-corrected chi connectivity index (χ4v) is 1.99. The van der Waals surface area contributed by atoms with Crippen LogP contribution in [0.3, 0.4) is 0 Å². The number of hydrogen-bond acceptors (Lipinski definition) is 6. The van der Waals surface area contributed by atoms with Gasteiger partial charge in [0.2, 0.25) is 0 Å². The van der Waals surface area contributed by atoms with Crippen LogP contribution in [-0.2, 0) is 0 Å². The monoisotopic (exact) mass is 292 g/mol. The fraction of sp³-hybridized carbons (Fsp3) is 0.0625. The Hall–Kier alpha value is -3.15. The summed E-state index contributed by atoms with van der Waals surface area (Å²) >= 11 is 0. The summed E-state index contributed by atoms with van der Waals surface area (Å²) in [4.78, 5) is 12.7. The summed E-state index contributed by atoms with van der Waals surface area (Å²) in [5.41, 5.74) is 8.41. The normalized spacial score (nSPS) is 10.2. The van der Waals surface area contributed by atoms with Crippen molar-refractivity contribution in [2.75, 3.05) is 16.4 Å². The van der Waals surface area contributed by atoms with Gasteiger partial charge in [-0.2, -0.15) is 0 Å². The molecule has 0 amide bonds. The van der Waals surface area contributed by atoms with E-state index in [0.29, 0.717) is 23.1 Å². The number of nitrogens with one attached hydrogen (secondary N) is 2. The van der Waals surface area contributed by atoms with E-state index in [0.717, 1.165) is 11.4 Å². The van der Waals surface area contributed by atoms with E-state index in [2.05, 4.69) is 25.6 Å². The van der Waals surface area contributed by atoms with Gasteiger partial charge < -0.3 is 16.4 Å². The van der Waals surface area contributed by atoms with Gasteiger partial charge >= 0.3 is 0 Å². The number of para-hydroxylation sites is 1. The molecule has 2 aromatic heterocycles. The van der Waals surface area contributed by atoms with Gasteiger partial charge in [-0.3, -0.25) is 0 Å². The molecule has 0 unspecified atom stereocenters. The molecule has 1 aromatic carbocycles. The zero-order valence-corrected chi connectivity index (χ0v) is 12.1. The number of rotatable bonds is 4. The first-order valence-corrected chi connectivity index (χ1v) is 6.85. The van der Waals surface area contributed by atoms with E-state index in [1.165, 1.54) is 6.33 Å². The average molecular weight is 292 g/mol. The van der Waals surface area contributed by atoms with Crippen LogP contribution in [0.25, 0.3) is 0 Å². The third-order valence-corrected chi connectivity index (χ3v) is 3.06. The molecular weight excluding hydrogens is 276 g/mol. The Morgan fingerprint density at radius 3 is 2.32 bits per heavy atom. The summed E-state index contributed by atoms with van der Waals surface area (Å²) in [5, 5.41) is 6.29. The lowest BCUT2D eigenvalue weighted by Gasteiger charge is -2.12. The number of hydrogen-bond donors (Lipinski definition) is 3. The highest BCUT2D eigenvalue weighted by atomic mass is 15.1. The first-order chi connectivity index (χ1) is 10.7. The summed E-state index contributed by atoms with van der Waals surface area (Å²) in [5.74, 6) is 1.76. The Bertz CT molecular complexity index is 773. The lowest BCUT2D eigenvalue weighted by atomic mass is 10.3. The van der Waals surface area contributed by atoms with Gasteiger partial charge in [-0.1, -0.05) is 24.3 Å². The van der Waals surface area contributed by atoms with Crippen molar-refractivity contribution in [2.24, 2.45) is 0 Å². The molecule has 110 valence electrons. The Balaban J connectivity index is 1.86. The van der Waals surface area contributed by atoms with Gasteiger partial charge in [-0.15, -0.1) is 0 Å². The minimum Gasteiger partial charge on any atom is -0.393 e. The van der Waals surface area contributed by atoms with Crippen LogP contribution in [0.15, 0.2) is 54.9 Å². The van der Waals surface area contributed by atoms with Crippen LogP contribution < -0.4 is 16.4 Å². The van der Waals surface area contributed by atoms with E-state index in [1.54, 1.807) is 0 Å². The van der Waals surface area contributed by atoms with E-state index in [9.17, 15) is 0 Å². The van der Waals surface area contributed by atoms with Crippen LogP contribution in [0.4, 0.5) is 28.8 Å². The van der Waals surface area contributed by atoms with Crippen molar-refractivity contribution in [3.05, 3.63) is 60.6 Å². The van der Waals surface area contributed by atoms with Gasteiger partial charge in [0, 0.05) is 11.4 Å². The molecule has 0 saturated carbocycles. The van der Waals surface area contributed by atoms with Crippen molar-refractivity contribution in [3.63, 3.8) is 0 Å². The highest BCUT2D eigenvalue weighted by Gasteiger charge is 2.09. The van der Waals surface area contributed by atoms with Crippen LogP contribution in [0.1, 0.15) is 5.69 Å². The summed E-state index contributed by atoms with van der Waals surface area (Å²) in [6.45, 7) is 1.93. The van der Waals surface area contributed by atoms with Crippen molar-refractivity contribution < 1.29 is 0 Å². The first-order valence-electron chi connectivity index (χ1n) is 6.85. The maximum Gasteiger partial charge on any atom is 0.160 e. The zero-order valence-electron chi connectivity index (χ0n) is 12.1. The lowest BCUT2D eigenvalue weighted by molar-refractivity contribution is 1.15. The Morgan fingerprint density at radius 2 is 1.59 bits per heavy atom. The minimum atomic E-state index is 0.439. The quantitative estimate of drug-likeness (QED) is 0.684. The van der Waals surface area contributed by atoms with Crippen molar-refractivity contribution in [3.8, 4) is 0 Å². The number of nitrogen functional groups attached to an aromatic ring is 1. The van der Waals surface area contributed by atoms with Crippen molar-refractivity contribution in [1.82, 2.24) is 15.0 Å². The summed E-state index contributed by atoms with van der Waals surface area (Å²) in [7, 11) is 0. The third kappa shape index (κ3) is 3.12. The second kappa shape index (κ2) is 6.09. The van der Waals surface area contributed by atoms with Gasteiger partial charge in [0.05, 0.1) is 0 Å². The predicted octanol–water partition coefficient (Wildman–Crippen LogP) is 3.25. The van der Waals surface area contributed by atoms with Crippen LogP contribution in [0.2, 0.25) is 0 Å². The van der Waals surface area contributed by atoms with Gasteiger partial charge in [-0.25, -0.2) is 15.0 Å². The molecule has 6 heteroatoms. The molecule has 4 N–H and O–H groups in total. The van der Waals surface area contributed by atoms with E-state index in [-0.39, 0.29) is 0 Å². The zero-order chi connectivity index (χ0) is 15.4. The van der Waals surface area contributed by atoms with Gasteiger partial charge in [0.1, 0.15) is 17.8 Å². The number of nitrogens with two attached hydrogens (primary N) is 1. The molecule has 3 rings (SSSR count). The van der Waals surface area contributed by atoms with Crippen molar-refractivity contribution in [1.29, 1.82) is 0 Å². The molecule has 0 spiro atoms. The molecule has 0 fully saturated rings. The number of aryl methyl sites for hydroxylation is 1.